The van der Waals surface area contributed by atoms with Crippen LogP contribution in [-0.4, -0.2) is 21.6 Å². The number of halogens is 1. The van der Waals surface area contributed by atoms with E-state index in [9.17, 15) is 0 Å². The van der Waals surface area contributed by atoms with Crippen molar-refractivity contribution >= 4 is 22.8 Å². The average Bonchev–Trinajstić information content (AvgIpc) is 2.87. The summed E-state index contributed by atoms with van der Waals surface area (Å²) in [4.78, 5) is 9.03. The summed E-state index contributed by atoms with van der Waals surface area (Å²) < 4.78 is 7.47. The predicted molar refractivity (Wildman–Crippen MR) is 83.9 cm³/mol. The van der Waals surface area contributed by atoms with Gasteiger partial charge in [0.15, 0.2) is 5.65 Å². The van der Waals surface area contributed by atoms with Gasteiger partial charge in [-0.3, -0.25) is 0 Å². The number of fused-ring (bicyclic) bond motifs is 1. The standard InChI is InChI=1S/C16H16ClN3O/c1-11(17)15-19-13-7-5-9-18-16(13)20(15)10-12-6-3-4-8-14(12)21-2/h3-9,11H,10H2,1-2H3. The highest BCUT2D eigenvalue weighted by Crippen LogP contribution is 2.26. The molecule has 0 aliphatic rings. The number of para-hydroxylation sites is 1. The maximum absolute atomic E-state index is 6.28. The number of nitrogens with zero attached hydrogens (tertiary/aromatic N) is 3. The van der Waals surface area contributed by atoms with Crippen LogP contribution >= 0.6 is 11.6 Å². The van der Waals surface area contributed by atoms with Gasteiger partial charge < -0.3 is 9.30 Å². The molecule has 3 rings (SSSR count). The summed E-state index contributed by atoms with van der Waals surface area (Å²) in [6, 6.07) is 11.8. The van der Waals surface area contributed by atoms with Crippen molar-refractivity contribution in [1.29, 1.82) is 0 Å². The largest absolute Gasteiger partial charge is 0.496 e. The number of hydrogen-bond donors (Lipinski definition) is 0. The summed E-state index contributed by atoms with van der Waals surface area (Å²) in [5, 5.41) is -0.186. The Balaban J connectivity index is 2.13. The van der Waals surface area contributed by atoms with Gasteiger partial charge in [0, 0.05) is 11.8 Å². The highest BCUT2D eigenvalue weighted by atomic mass is 35.5. The van der Waals surface area contributed by atoms with Gasteiger partial charge in [-0.25, -0.2) is 9.97 Å². The molecule has 0 aliphatic carbocycles. The van der Waals surface area contributed by atoms with Crippen LogP contribution in [0.4, 0.5) is 0 Å². The van der Waals surface area contributed by atoms with E-state index in [1.54, 1.807) is 13.3 Å². The van der Waals surface area contributed by atoms with Gasteiger partial charge in [0.25, 0.3) is 0 Å². The molecule has 5 heteroatoms. The van der Waals surface area contributed by atoms with Crippen molar-refractivity contribution in [3.8, 4) is 5.75 Å². The molecule has 0 saturated heterocycles. The minimum Gasteiger partial charge on any atom is -0.496 e. The van der Waals surface area contributed by atoms with Gasteiger partial charge >= 0.3 is 0 Å². The fourth-order valence-electron chi connectivity index (χ4n) is 2.44. The Morgan fingerprint density at radius 2 is 2.05 bits per heavy atom. The maximum atomic E-state index is 6.28. The molecule has 2 heterocycles. The summed E-state index contributed by atoms with van der Waals surface area (Å²) in [5.74, 6) is 1.67. The highest BCUT2D eigenvalue weighted by Gasteiger charge is 2.16. The molecule has 4 nitrogen and oxygen atoms in total. The van der Waals surface area contributed by atoms with E-state index < -0.39 is 0 Å². The molecular weight excluding hydrogens is 286 g/mol. The van der Waals surface area contributed by atoms with Crippen LogP contribution in [0.15, 0.2) is 42.6 Å². The summed E-state index contributed by atoms with van der Waals surface area (Å²) in [6.45, 7) is 2.55. The van der Waals surface area contributed by atoms with Crippen LogP contribution < -0.4 is 4.74 Å². The SMILES string of the molecule is COc1ccccc1Cn1c(C(C)Cl)nc2cccnc21. The summed E-state index contributed by atoms with van der Waals surface area (Å²) >= 11 is 6.28. The van der Waals surface area contributed by atoms with Gasteiger partial charge in [-0.05, 0) is 25.1 Å². The smallest absolute Gasteiger partial charge is 0.160 e. The Labute approximate surface area is 128 Å². The second-order valence-electron chi connectivity index (χ2n) is 4.83. The van der Waals surface area contributed by atoms with E-state index in [1.807, 2.05) is 47.9 Å². The van der Waals surface area contributed by atoms with Crippen LogP contribution in [-0.2, 0) is 6.54 Å². The van der Waals surface area contributed by atoms with E-state index in [1.165, 1.54) is 0 Å². The minimum absolute atomic E-state index is 0.186. The van der Waals surface area contributed by atoms with Gasteiger partial charge in [0.1, 0.15) is 17.1 Å². The molecule has 1 atom stereocenters. The first-order valence-electron chi connectivity index (χ1n) is 6.78. The van der Waals surface area contributed by atoms with Crippen LogP contribution in [0.3, 0.4) is 0 Å². The van der Waals surface area contributed by atoms with Gasteiger partial charge in [-0.2, -0.15) is 0 Å². The van der Waals surface area contributed by atoms with Crippen LogP contribution in [0.25, 0.3) is 11.2 Å². The van der Waals surface area contributed by atoms with E-state index in [0.29, 0.717) is 6.54 Å². The normalized spacial score (nSPS) is 12.5. The Kier molecular flexibility index (Phi) is 3.80. The fourth-order valence-corrected chi connectivity index (χ4v) is 2.61. The second kappa shape index (κ2) is 5.74. The number of hydrogen-bond acceptors (Lipinski definition) is 3. The third-order valence-corrected chi connectivity index (χ3v) is 3.61. The molecule has 1 aromatic carbocycles. The van der Waals surface area contributed by atoms with E-state index in [4.69, 9.17) is 16.3 Å². The summed E-state index contributed by atoms with van der Waals surface area (Å²) in [6.07, 6.45) is 1.77. The van der Waals surface area contributed by atoms with E-state index >= 15 is 0 Å². The zero-order valence-corrected chi connectivity index (χ0v) is 12.7. The lowest BCUT2D eigenvalue weighted by atomic mass is 10.2. The number of benzene rings is 1. The first-order valence-corrected chi connectivity index (χ1v) is 7.21. The van der Waals surface area contributed by atoms with Crippen molar-refractivity contribution < 1.29 is 4.74 Å². The third-order valence-electron chi connectivity index (χ3n) is 3.41. The average molecular weight is 302 g/mol. The number of pyridine rings is 1. The zero-order valence-electron chi connectivity index (χ0n) is 12.0. The minimum atomic E-state index is -0.186. The van der Waals surface area contributed by atoms with Crippen molar-refractivity contribution in [1.82, 2.24) is 14.5 Å². The molecule has 0 spiro atoms. The zero-order chi connectivity index (χ0) is 14.8. The number of methoxy groups -OCH3 is 1. The molecular formula is C16H16ClN3O. The van der Waals surface area contributed by atoms with Crippen molar-refractivity contribution in [2.45, 2.75) is 18.8 Å². The molecule has 0 N–H and O–H groups in total. The van der Waals surface area contributed by atoms with Gasteiger partial charge in [0.2, 0.25) is 0 Å². The molecule has 108 valence electrons. The van der Waals surface area contributed by atoms with Crippen LogP contribution in [0.2, 0.25) is 0 Å². The van der Waals surface area contributed by atoms with Crippen LogP contribution in [0.1, 0.15) is 23.7 Å². The molecule has 0 saturated carbocycles. The molecule has 2 aromatic heterocycles. The lowest BCUT2D eigenvalue weighted by molar-refractivity contribution is 0.408. The molecule has 3 aromatic rings. The topological polar surface area (TPSA) is 39.9 Å². The van der Waals surface area contributed by atoms with E-state index in [0.717, 1.165) is 28.3 Å². The third kappa shape index (κ3) is 2.59. The van der Waals surface area contributed by atoms with Crippen LogP contribution in [0, 0.1) is 0 Å². The molecule has 21 heavy (non-hydrogen) atoms. The number of imidazole rings is 1. The van der Waals surface area contributed by atoms with Crippen molar-refractivity contribution in [2.75, 3.05) is 7.11 Å². The number of aromatic nitrogens is 3. The highest BCUT2D eigenvalue weighted by molar-refractivity contribution is 6.20. The molecule has 0 fully saturated rings. The van der Waals surface area contributed by atoms with Gasteiger partial charge in [-0.1, -0.05) is 18.2 Å². The Morgan fingerprint density at radius 3 is 2.81 bits per heavy atom. The Morgan fingerprint density at radius 1 is 1.24 bits per heavy atom. The monoisotopic (exact) mass is 301 g/mol. The predicted octanol–water partition coefficient (Wildman–Crippen LogP) is 3.79. The molecule has 0 bridgehead atoms. The molecule has 0 amide bonds. The Bertz CT molecular complexity index is 767. The van der Waals surface area contributed by atoms with Crippen molar-refractivity contribution in [2.24, 2.45) is 0 Å². The van der Waals surface area contributed by atoms with E-state index in [2.05, 4.69) is 9.97 Å². The van der Waals surface area contributed by atoms with Crippen LogP contribution in [0.5, 0.6) is 5.75 Å². The second-order valence-corrected chi connectivity index (χ2v) is 5.48. The lowest BCUT2D eigenvalue weighted by Crippen LogP contribution is -2.07. The maximum Gasteiger partial charge on any atom is 0.160 e. The fraction of sp³-hybridized carbons (Fsp3) is 0.250. The summed E-state index contributed by atoms with van der Waals surface area (Å²) in [5.41, 5.74) is 2.77. The first-order chi connectivity index (χ1) is 10.2. The van der Waals surface area contributed by atoms with Crippen molar-refractivity contribution in [3.63, 3.8) is 0 Å². The van der Waals surface area contributed by atoms with E-state index in [-0.39, 0.29) is 5.38 Å². The first kappa shape index (κ1) is 13.9. The number of rotatable bonds is 4. The molecule has 0 aliphatic heterocycles. The van der Waals surface area contributed by atoms with Crippen molar-refractivity contribution in [3.05, 3.63) is 54.0 Å². The number of alkyl halides is 1. The molecule has 0 radical (unpaired) electrons. The number of ether oxygens (including phenoxy) is 1. The lowest BCUT2D eigenvalue weighted by Gasteiger charge is -2.12. The van der Waals surface area contributed by atoms with Gasteiger partial charge in [0.05, 0.1) is 19.0 Å². The molecule has 1 unspecified atom stereocenters. The quantitative estimate of drug-likeness (QED) is 0.688. The van der Waals surface area contributed by atoms with Gasteiger partial charge in [-0.15, -0.1) is 11.6 Å². The Hall–Kier alpha value is -2.07. The summed E-state index contributed by atoms with van der Waals surface area (Å²) in [7, 11) is 1.67.